The van der Waals surface area contributed by atoms with Crippen LogP contribution in [0.4, 0.5) is 14.7 Å². The first-order valence-corrected chi connectivity index (χ1v) is 12.4. The highest BCUT2D eigenvalue weighted by Crippen LogP contribution is 2.49. The average Bonchev–Trinajstić information content (AvgIpc) is 3.36. The van der Waals surface area contributed by atoms with Gasteiger partial charge in [0.1, 0.15) is 0 Å². The molecule has 5 atom stereocenters. The predicted molar refractivity (Wildman–Crippen MR) is 129 cm³/mol. The molecule has 1 aliphatic heterocycles. The van der Waals surface area contributed by atoms with Gasteiger partial charge in [-0.25, -0.2) is 18.3 Å². The van der Waals surface area contributed by atoms with Crippen LogP contribution in [0.2, 0.25) is 0 Å². The van der Waals surface area contributed by atoms with Crippen LogP contribution in [0.5, 0.6) is 11.6 Å². The second-order valence-corrected chi connectivity index (χ2v) is 9.41. The zero-order valence-electron chi connectivity index (χ0n) is 19.7. The SMILES string of the molecule is CCOc1nc(N)nc2c1ncn2[C@@H]1O[C@](F)(CO[P+](=O)Oc2cccc3ccccc23)[C@@H](O)[C@@]1(C)F. The molecule has 3 N–H and O–H groups in total. The maximum Gasteiger partial charge on any atom is 0.750 e. The van der Waals surface area contributed by atoms with Gasteiger partial charge < -0.3 is 20.3 Å². The number of aliphatic hydroxyl groups is 1. The van der Waals surface area contributed by atoms with Crippen LogP contribution in [0.3, 0.4) is 0 Å². The molecule has 2 aromatic carbocycles. The monoisotopic (exact) mass is 534 g/mol. The van der Waals surface area contributed by atoms with Crippen molar-refractivity contribution >= 4 is 36.1 Å². The Balaban J connectivity index is 1.36. The van der Waals surface area contributed by atoms with Gasteiger partial charge in [0.15, 0.2) is 41.5 Å². The molecule has 1 unspecified atom stereocenters. The number of hydrogen-bond acceptors (Lipinski definition) is 10. The van der Waals surface area contributed by atoms with E-state index in [2.05, 4.69) is 15.0 Å². The molecule has 11 nitrogen and oxygen atoms in total. The lowest BCUT2D eigenvalue weighted by Crippen LogP contribution is -2.46. The summed E-state index contributed by atoms with van der Waals surface area (Å²) in [6, 6.07) is 12.3. The molecule has 2 aromatic heterocycles. The summed E-state index contributed by atoms with van der Waals surface area (Å²) in [6.45, 7) is 1.85. The van der Waals surface area contributed by atoms with Gasteiger partial charge in [0.05, 0.1) is 12.9 Å². The van der Waals surface area contributed by atoms with Gasteiger partial charge in [-0.1, -0.05) is 36.4 Å². The summed E-state index contributed by atoms with van der Waals surface area (Å²) >= 11 is 0. The maximum absolute atomic E-state index is 15.7. The lowest BCUT2D eigenvalue weighted by molar-refractivity contribution is -0.202. The van der Waals surface area contributed by atoms with Crippen molar-refractivity contribution in [2.45, 2.75) is 37.7 Å². The van der Waals surface area contributed by atoms with Crippen molar-refractivity contribution in [1.29, 1.82) is 0 Å². The molecule has 194 valence electrons. The number of benzene rings is 2. The molecule has 5 rings (SSSR count). The van der Waals surface area contributed by atoms with Gasteiger partial charge >= 0.3 is 8.25 Å². The van der Waals surface area contributed by atoms with Crippen LogP contribution >= 0.6 is 8.25 Å². The number of ether oxygens (including phenoxy) is 2. The number of hydrogen-bond donors (Lipinski definition) is 2. The molecule has 1 fully saturated rings. The third kappa shape index (κ3) is 4.44. The van der Waals surface area contributed by atoms with Crippen LogP contribution in [-0.2, 0) is 13.8 Å². The molecular formula is C23H23F2N5O6P+. The summed E-state index contributed by atoms with van der Waals surface area (Å²) in [5.41, 5.74) is 3.21. The molecule has 3 heterocycles. The number of nitrogens with zero attached hydrogens (tertiary/aromatic N) is 4. The highest BCUT2D eigenvalue weighted by atomic mass is 31.1. The van der Waals surface area contributed by atoms with Gasteiger partial charge in [0, 0.05) is 9.95 Å². The number of aliphatic hydroxyl groups excluding tert-OH is 1. The first-order valence-electron chi connectivity index (χ1n) is 11.3. The molecule has 4 aromatic rings. The predicted octanol–water partition coefficient (Wildman–Crippen LogP) is 4.00. The van der Waals surface area contributed by atoms with Gasteiger partial charge in [-0.15, -0.1) is 4.52 Å². The zero-order chi connectivity index (χ0) is 26.4. The molecule has 0 saturated carbocycles. The molecule has 0 amide bonds. The molecule has 1 aliphatic rings. The molecule has 0 bridgehead atoms. The van der Waals surface area contributed by atoms with E-state index in [4.69, 9.17) is 24.3 Å². The highest BCUT2D eigenvalue weighted by molar-refractivity contribution is 7.33. The number of fused-ring (bicyclic) bond motifs is 2. The van der Waals surface area contributed by atoms with Crippen LogP contribution in [0.15, 0.2) is 48.8 Å². The molecular weight excluding hydrogens is 511 g/mol. The number of imidazole rings is 1. The number of anilines is 1. The van der Waals surface area contributed by atoms with Crippen LogP contribution in [0, 0.1) is 0 Å². The van der Waals surface area contributed by atoms with E-state index in [-0.39, 0.29) is 35.3 Å². The van der Waals surface area contributed by atoms with Crippen LogP contribution in [-0.4, -0.2) is 55.5 Å². The van der Waals surface area contributed by atoms with Gasteiger partial charge in [-0.3, -0.25) is 4.57 Å². The Morgan fingerprint density at radius 1 is 1.22 bits per heavy atom. The summed E-state index contributed by atoms with van der Waals surface area (Å²) in [5, 5.41) is 12.0. The van der Waals surface area contributed by atoms with E-state index < -0.39 is 38.7 Å². The van der Waals surface area contributed by atoms with Crippen LogP contribution in [0.25, 0.3) is 21.9 Å². The minimum atomic E-state index is -3.08. The van der Waals surface area contributed by atoms with Crippen molar-refractivity contribution < 1.29 is 37.0 Å². The molecule has 37 heavy (non-hydrogen) atoms. The molecule has 0 aliphatic carbocycles. The van der Waals surface area contributed by atoms with E-state index in [1.807, 2.05) is 18.2 Å². The number of nitrogens with two attached hydrogens (primary N) is 1. The van der Waals surface area contributed by atoms with E-state index in [1.165, 1.54) is 0 Å². The van der Waals surface area contributed by atoms with Crippen molar-refractivity contribution in [3.05, 3.63) is 48.8 Å². The first-order chi connectivity index (χ1) is 17.6. The van der Waals surface area contributed by atoms with Gasteiger partial charge in [0.25, 0.3) is 5.85 Å². The quantitative estimate of drug-likeness (QED) is 0.318. The van der Waals surface area contributed by atoms with E-state index in [9.17, 15) is 9.67 Å². The summed E-state index contributed by atoms with van der Waals surface area (Å²) in [5.74, 6) is -2.96. The lowest BCUT2D eigenvalue weighted by Gasteiger charge is -2.24. The Morgan fingerprint density at radius 3 is 2.76 bits per heavy atom. The largest absolute Gasteiger partial charge is 0.750 e. The van der Waals surface area contributed by atoms with Crippen molar-refractivity contribution in [2.24, 2.45) is 0 Å². The summed E-state index contributed by atoms with van der Waals surface area (Å²) in [4.78, 5) is 12.1. The number of nitrogen functional groups attached to an aromatic ring is 1. The molecule has 0 spiro atoms. The molecule has 1 saturated heterocycles. The summed E-state index contributed by atoms with van der Waals surface area (Å²) in [6.07, 6.45) is -2.91. The van der Waals surface area contributed by atoms with E-state index in [0.717, 1.165) is 23.2 Å². The molecule has 0 radical (unpaired) electrons. The number of aromatic nitrogens is 4. The Kier molecular flexibility index (Phi) is 6.40. The maximum atomic E-state index is 15.7. The topological polar surface area (TPSA) is 144 Å². The van der Waals surface area contributed by atoms with E-state index in [0.29, 0.717) is 5.39 Å². The second-order valence-electron chi connectivity index (χ2n) is 8.52. The minimum Gasteiger partial charge on any atom is -0.476 e. The van der Waals surface area contributed by atoms with E-state index in [1.54, 1.807) is 31.2 Å². The van der Waals surface area contributed by atoms with Gasteiger partial charge in [-0.2, -0.15) is 9.97 Å². The van der Waals surface area contributed by atoms with E-state index >= 15 is 8.78 Å². The van der Waals surface area contributed by atoms with Gasteiger partial charge in [0.2, 0.25) is 11.8 Å². The fourth-order valence-corrected chi connectivity index (χ4v) is 4.86. The first kappa shape index (κ1) is 25.2. The average molecular weight is 534 g/mol. The Hall–Kier alpha value is -3.51. The fourth-order valence-electron chi connectivity index (χ4n) is 4.20. The van der Waals surface area contributed by atoms with Crippen molar-refractivity contribution in [3.8, 4) is 11.6 Å². The fraction of sp³-hybridized carbons (Fsp3) is 0.348. The molecule has 14 heteroatoms. The van der Waals surface area contributed by atoms with Crippen molar-refractivity contribution in [1.82, 2.24) is 19.5 Å². The number of halogens is 2. The Bertz CT molecular complexity index is 1480. The third-order valence-corrected chi connectivity index (χ3v) is 6.65. The zero-order valence-corrected chi connectivity index (χ0v) is 20.6. The Labute approximate surface area is 210 Å². The number of rotatable bonds is 8. The highest BCUT2D eigenvalue weighted by Gasteiger charge is 2.65. The summed E-state index contributed by atoms with van der Waals surface area (Å²) in [7, 11) is -2.90. The second kappa shape index (κ2) is 9.42. The lowest BCUT2D eigenvalue weighted by atomic mass is 9.97. The van der Waals surface area contributed by atoms with Crippen LogP contribution < -0.4 is 15.0 Å². The van der Waals surface area contributed by atoms with Crippen molar-refractivity contribution in [2.75, 3.05) is 18.9 Å². The minimum absolute atomic E-state index is 0.00700. The van der Waals surface area contributed by atoms with Gasteiger partial charge in [-0.05, 0) is 25.3 Å². The smallest absolute Gasteiger partial charge is 0.476 e. The third-order valence-electron chi connectivity index (χ3n) is 5.96. The van der Waals surface area contributed by atoms with Crippen LogP contribution in [0.1, 0.15) is 20.1 Å². The number of alkyl halides is 2. The summed E-state index contributed by atoms with van der Waals surface area (Å²) < 4.78 is 66.1. The standard InChI is InChI=1S/C23H23F2N5O6P/c1-3-33-18-16-17(28-21(26)29-18)30(12-27-16)20-22(2,24)19(31)23(25,35-20)11-34-37(32)36-15-10-6-8-13-7-4-5-9-14(13)15/h4-10,12,19-20,31H,3,11H2,1-2H3,(H2,26,28,29)/q+1/t19-,20+,22+,23+/m0/s1. The Morgan fingerprint density at radius 2 is 1.97 bits per heavy atom. The van der Waals surface area contributed by atoms with Crippen molar-refractivity contribution in [3.63, 3.8) is 0 Å². The normalized spacial score (nSPS) is 26.0.